The van der Waals surface area contributed by atoms with Crippen LogP contribution in [0.1, 0.15) is 5.56 Å². The first-order chi connectivity index (χ1) is 13.0. The average molecular weight is 380 g/mol. The van der Waals surface area contributed by atoms with Gasteiger partial charge in [0.05, 0.1) is 19.7 Å². The summed E-state index contributed by atoms with van der Waals surface area (Å²) in [6, 6.07) is 9.08. The topological polar surface area (TPSA) is 135 Å². The van der Waals surface area contributed by atoms with E-state index in [-0.39, 0.29) is 32.1 Å². The van der Waals surface area contributed by atoms with Gasteiger partial charge in [0.15, 0.2) is 0 Å². The molecule has 0 saturated heterocycles. The molecule has 1 aromatic carbocycles. The Kier molecular flexibility index (Phi) is 10.6. The standard InChI is InChI=1S/C17H24N4O6/c1-26-8-7-18-14(22)9-19-15(23)10-20-16(24)11-21-17(25)27-12-13-5-3-2-4-6-13/h2-6H,7-12H2,1H3,(H,18,22)(H,19,23)(H,20,24)(H,21,25). The van der Waals surface area contributed by atoms with Crippen molar-refractivity contribution in [2.24, 2.45) is 0 Å². The Bertz CT molecular complexity index is 623. The van der Waals surface area contributed by atoms with Crippen LogP contribution in [0.5, 0.6) is 0 Å². The number of benzene rings is 1. The van der Waals surface area contributed by atoms with Crippen molar-refractivity contribution < 1.29 is 28.7 Å². The molecule has 0 aromatic heterocycles. The highest BCUT2D eigenvalue weighted by molar-refractivity contribution is 5.89. The van der Waals surface area contributed by atoms with Gasteiger partial charge in [-0.3, -0.25) is 14.4 Å². The summed E-state index contributed by atoms with van der Waals surface area (Å²) in [5, 5.41) is 9.47. The van der Waals surface area contributed by atoms with Crippen molar-refractivity contribution in [2.75, 3.05) is 39.9 Å². The van der Waals surface area contributed by atoms with Gasteiger partial charge in [0.25, 0.3) is 0 Å². The van der Waals surface area contributed by atoms with Crippen molar-refractivity contribution in [1.82, 2.24) is 21.3 Å². The fourth-order valence-electron chi connectivity index (χ4n) is 1.76. The van der Waals surface area contributed by atoms with Crippen molar-refractivity contribution in [1.29, 1.82) is 0 Å². The van der Waals surface area contributed by atoms with Crippen molar-refractivity contribution in [2.45, 2.75) is 6.61 Å². The highest BCUT2D eigenvalue weighted by Gasteiger charge is 2.09. The van der Waals surface area contributed by atoms with Gasteiger partial charge < -0.3 is 30.7 Å². The van der Waals surface area contributed by atoms with E-state index in [1.807, 2.05) is 18.2 Å². The van der Waals surface area contributed by atoms with Crippen molar-refractivity contribution in [3.8, 4) is 0 Å². The van der Waals surface area contributed by atoms with Gasteiger partial charge in [-0.25, -0.2) is 4.79 Å². The van der Waals surface area contributed by atoms with E-state index in [9.17, 15) is 19.2 Å². The van der Waals surface area contributed by atoms with Crippen LogP contribution in [0.4, 0.5) is 4.79 Å². The van der Waals surface area contributed by atoms with E-state index in [1.165, 1.54) is 7.11 Å². The lowest BCUT2D eigenvalue weighted by Crippen LogP contribution is -2.44. The number of carbonyl (C=O) groups is 4. The number of carbonyl (C=O) groups excluding carboxylic acids is 4. The van der Waals surface area contributed by atoms with Gasteiger partial charge in [-0.15, -0.1) is 0 Å². The molecule has 0 saturated carbocycles. The molecule has 10 nitrogen and oxygen atoms in total. The fourth-order valence-corrected chi connectivity index (χ4v) is 1.76. The molecule has 4 amide bonds. The van der Waals surface area contributed by atoms with Crippen molar-refractivity contribution in [3.63, 3.8) is 0 Å². The lowest BCUT2D eigenvalue weighted by molar-refractivity contribution is -0.127. The Labute approximate surface area is 157 Å². The van der Waals surface area contributed by atoms with Crippen LogP contribution in [0.15, 0.2) is 30.3 Å². The maximum absolute atomic E-state index is 11.6. The summed E-state index contributed by atoms with van der Waals surface area (Å²) < 4.78 is 9.72. The van der Waals surface area contributed by atoms with E-state index < -0.39 is 17.9 Å². The van der Waals surface area contributed by atoms with Crippen LogP contribution < -0.4 is 21.3 Å². The first kappa shape index (κ1) is 21.9. The molecule has 0 heterocycles. The third-order valence-electron chi connectivity index (χ3n) is 3.13. The number of hydrogen-bond donors (Lipinski definition) is 4. The molecule has 0 fully saturated rings. The second kappa shape index (κ2) is 13.1. The van der Waals surface area contributed by atoms with Crippen LogP contribution in [-0.4, -0.2) is 63.7 Å². The molecular weight excluding hydrogens is 356 g/mol. The van der Waals surface area contributed by atoms with Crippen LogP contribution in [0.3, 0.4) is 0 Å². The Balaban J connectivity index is 2.09. The van der Waals surface area contributed by atoms with E-state index >= 15 is 0 Å². The number of alkyl carbamates (subject to hydrolysis) is 1. The molecule has 148 valence electrons. The summed E-state index contributed by atoms with van der Waals surface area (Å²) >= 11 is 0. The SMILES string of the molecule is COCCNC(=O)CNC(=O)CNC(=O)CNC(=O)OCc1ccccc1. The quantitative estimate of drug-likeness (QED) is 0.360. The molecule has 0 unspecified atom stereocenters. The van der Waals surface area contributed by atoms with Crippen molar-refractivity contribution in [3.05, 3.63) is 35.9 Å². The Morgan fingerprint density at radius 1 is 0.815 bits per heavy atom. The summed E-state index contributed by atoms with van der Waals surface area (Å²) in [7, 11) is 1.51. The van der Waals surface area contributed by atoms with E-state index in [2.05, 4.69) is 21.3 Å². The molecule has 0 aliphatic carbocycles. The third kappa shape index (κ3) is 11.2. The minimum absolute atomic E-state index is 0.0865. The molecule has 0 radical (unpaired) electrons. The Hall–Kier alpha value is -3.14. The molecular formula is C17H24N4O6. The third-order valence-corrected chi connectivity index (χ3v) is 3.13. The zero-order valence-electron chi connectivity index (χ0n) is 15.1. The molecule has 10 heteroatoms. The van der Waals surface area contributed by atoms with Crippen molar-refractivity contribution >= 4 is 23.8 Å². The Morgan fingerprint density at radius 2 is 1.37 bits per heavy atom. The number of ether oxygens (including phenoxy) is 2. The zero-order valence-corrected chi connectivity index (χ0v) is 15.1. The van der Waals surface area contributed by atoms with Gasteiger partial charge in [-0.1, -0.05) is 30.3 Å². The number of methoxy groups -OCH3 is 1. The number of rotatable bonds is 11. The van der Waals surface area contributed by atoms with Gasteiger partial charge in [0, 0.05) is 13.7 Å². The molecule has 0 spiro atoms. The van der Waals surface area contributed by atoms with Gasteiger partial charge in [-0.2, -0.15) is 0 Å². The highest BCUT2D eigenvalue weighted by Crippen LogP contribution is 2.00. The van der Waals surface area contributed by atoms with Crippen LogP contribution in [0.2, 0.25) is 0 Å². The fraction of sp³-hybridized carbons (Fsp3) is 0.412. The molecule has 1 rings (SSSR count). The smallest absolute Gasteiger partial charge is 0.407 e. The highest BCUT2D eigenvalue weighted by atomic mass is 16.5. The zero-order chi connectivity index (χ0) is 19.9. The maximum Gasteiger partial charge on any atom is 0.407 e. The minimum Gasteiger partial charge on any atom is -0.445 e. The van der Waals surface area contributed by atoms with Gasteiger partial charge in [-0.05, 0) is 5.56 Å². The lowest BCUT2D eigenvalue weighted by atomic mass is 10.2. The van der Waals surface area contributed by atoms with Crippen LogP contribution >= 0.6 is 0 Å². The Morgan fingerprint density at radius 3 is 1.96 bits per heavy atom. The largest absolute Gasteiger partial charge is 0.445 e. The number of amides is 4. The number of hydrogen-bond acceptors (Lipinski definition) is 6. The molecule has 0 atom stereocenters. The minimum atomic E-state index is -0.744. The van der Waals surface area contributed by atoms with Crippen LogP contribution in [0.25, 0.3) is 0 Å². The molecule has 0 bridgehead atoms. The van der Waals surface area contributed by atoms with Gasteiger partial charge in [0.2, 0.25) is 17.7 Å². The predicted molar refractivity (Wildman–Crippen MR) is 95.5 cm³/mol. The molecule has 27 heavy (non-hydrogen) atoms. The molecule has 4 N–H and O–H groups in total. The van der Waals surface area contributed by atoms with E-state index in [1.54, 1.807) is 12.1 Å². The summed E-state index contributed by atoms with van der Waals surface area (Å²) in [6.45, 7) is -0.0561. The van der Waals surface area contributed by atoms with E-state index in [0.29, 0.717) is 13.2 Å². The van der Waals surface area contributed by atoms with Crippen LogP contribution in [-0.2, 0) is 30.5 Å². The average Bonchev–Trinajstić information content (AvgIpc) is 2.68. The van der Waals surface area contributed by atoms with Crippen LogP contribution in [0, 0.1) is 0 Å². The lowest BCUT2D eigenvalue weighted by Gasteiger charge is -2.09. The first-order valence-corrected chi connectivity index (χ1v) is 8.25. The van der Waals surface area contributed by atoms with E-state index in [0.717, 1.165) is 5.56 Å². The number of nitrogens with one attached hydrogen (secondary N) is 4. The summed E-state index contributed by atoms with van der Waals surface area (Å²) in [5.74, 6) is -1.46. The maximum atomic E-state index is 11.6. The summed E-state index contributed by atoms with van der Waals surface area (Å²) in [5.41, 5.74) is 0.819. The molecule has 0 aliphatic rings. The van der Waals surface area contributed by atoms with Gasteiger partial charge >= 0.3 is 6.09 Å². The second-order valence-electron chi connectivity index (χ2n) is 5.31. The second-order valence-corrected chi connectivity index (χ2v) is 5.31. The molecule has 0 aliphatic heterocycles. The van der Waals surface area contributed by atoms with Gasteiger partial charge in [0.1, 0.15) is 13.2 Å². The first-order valence-electron chi connectivity index (χ1n) is 8.25. The normalized spacial score (nSPS) is 9.81. The summed E-state index contributed by atoms with van der Waals surface area (Å²) in [4.78, 5) is 46.0. The van der Waals surface area contributed by atoms with E-state index in [4.69, 9.17) is 9.47 Å². The summed E-state index contributed by atoms with van der Waals surface area (Å²) in [6.07, 6.45) is -0.744. The predicted octanol–water partition coefficient (Wildman–Crippen LogP) is -1.09. The molecule has 1 aromatic rings. The monoisotopic (exact) mass is 380 g/mol.